The van der Waals surface area contributed by atoms with Gasteiger partial charge in [-0.25, -0.2) is 9.78 Å². The molecule has 146 valence electrons. The number of para-hydroxylation sites is 2. The highest BCUT2D eigenvalue weighted by Crippen LogP contribution is 2.16. The summed E-state index contributed by atoms with van der Waals surface area (Å²) in [6.45, 7) is 7.37. The van der Waals surface area contributed by atoms with Crippen molar-refractivity contribution in [2.45, 2.75) is 26.6 Å². The molecule has 28 heavy (non-hydrogen) atoms. The summed E-state index contributed by atoms with van der Waals surface area (Å²) in [5.74, 6) is 0.894. The molecule has 1 fully saturated rings. The van der Waals surface area contributed by atoms with Gasteiger partial charge < -0.3 is 14.8 Å². The Labute approximate surface area is 165 Å². The topological polar surface area (TPSA) is 66.3 Å². The molecule has 7 nitrogen and oxygen atoms in total. The molecule has 2 amide bonds. The summed E-state index contributed by atoms with van der Waals surface area (Å²) < 4.78 is 2.15. The Balaban J connectivity index is 1.30. The number of urea groups is 1. The van der Waals surface area contributed by atoms with Crippen molar-refractivity contribution in [1.82, 2.24) is 29.7 Å². The van der Waals surface area contributed by atoms with E-state index in [4.69, 9.17) is 0 Å². The first-order valence-corrected chi connectivity index (χ1v) is 9.84. The summed E-state index contributed by atoms with van der Waals surface area (Å²) in [6.07, 6.45) is 1.82. The first-order chi connectivity index (χ1) is 13.7. The van der Waals surface area contributed by atoms with E-state index in [-0.39, 0.29) is 6.03 Å². The molecule has 0 aliphatic carbocycles. The molecule has 4 rings (SSSR count). The Bertz CT molecular complexity index is 930. The molecular formula is C21H26N6O. The summed E-state index contributed by atoms with van der Waals surface area (Å²) in [7, 11) is 0. The molecule has 0 radical (unpaired) electrons. The fourth-order valence-electron chi connectivity index (χ4n) is 3.71. The molecule has 1 N–H and O–H groups in total. The van der Waals surface area contributed by atoms with Crippen molar-refractivity contribution in [2.75, 3.05) is 26.2 Å². The van der Waals surface area contributed by atoms with Gasteiger partial charge in [-0.15, -0.1) is 0 Å². The average molecular weight is 378 g/mol. The van der Waals surface area contributed by atoms with Gasteiger partial charge in [0.1, 0.15) is 5.82 Å². The van der Waals surface area contributed by atoms with Crippen LogP contribution in [0.4, 0.5) is 4.79 Å². The van der Waals surface area contributed by atoms with Gasteiger partial charge in [-0.1, -0.05) is 18.2 Å². The van der Waals surface area contributed by atoms with E-state index >= 15 is 0 Å². The fourth-order valence-corrected chi connectivity index (χ4v) is 3.71. The van der Waals surface area contributed by atoms with Crippen LogP contribution in [0.15, 0.2) is 48.7 Å². The minimum atomic E-state index is -0.0211. The second kappa shape index (κ2) is 8.39. The van der Waals surface area contributed by atoms with Crippen LogP contribution >= 0.6 is 0 Å². The zero-order chi connectivity index (χ0) is 19.3. The molecule has 1 aromatic carbocycles. The molecule has 0 atom stereocenters. The molecule has 0 unspecified atom stereocenters. The van der Waals surface area contributed by atoms with Crippen LogP contribution in [0, 0.1) is 0 Å². The second-order valence-corrected chi connectivity index (χ2v) is 7.00. The summed E-state index contributed by atoms with van der Waals surface area (Å²) in [5, 5.41) is 3.04. The van der Waals surface area contributed by atoms with E-state index in [9.17, 15) is 4.79 Å². The number of rotatable bonds is 5. The van der Waals surface area contributed by atoms with Crippen LogP contribution < -0.4 is 5.32 Å². The maximum Gasteiger partial charge on any atom is 0.317 e. The average Bonchev–Trinajstić information content (AvgIpc) is 3.11. The number of pyridine rings is 1. The summed E-state index contributed by atoms with van der Waals surface area (Å²) in [4.78, 5) is 25.9. The summed E-state index contributed by atoms with van der Waals surface area (Å²) in [5.41, 5.74) is 3.15. The molecule has 0 spiro atoms. The van der Waals surface area contributed by atoms with E-state index in [1.165, 1.54) is 0 Å². The Morgan fingerprint density at radius 1 is 1.07 bits per heavy atom. The zero-order valence-corrected chi connectivity index (χ0v) is 16.2. The third-order valence-electron chi connectivity index (χ3n) is 5.22. The van der Waals surface area contributed by atoms with Crippen molar-refractivity contribution in [1.29, 1.82) is 0 Å². The SMILES string of the molecule is CCn1c(CNC(=O)N2CCN(Cc3ccccn3)CC2)nc2ccccc21. The predicted octanol–water partition coefficient (Wildman–Crippen LogP) is 2.48. The number of fused-ring (bicyclic) bond motifs is 1. The molecular weight excluding hydrogens is 352 g/mol. The minimum absolute atomic E-state index is 0.0211. The first-order valence-electron chi connectivity index (χ1n) is 9.84. The van der Waals surface area contributed by atoms with Crippen LogP contribution in [0.5, 0.6) is 0 Å². The number of imidazole rings is 1. The third-order valence-corrected chi connectivity index (χ3v) is 5.22. The Morgan fingerprint density at radius 2 is 1.86 bits per heavy atom. The van der Waals surface area contributed by atoms with Gasteiger partial charge in [0.25, 0.3) is 0 Å². The van der Waals surface area contributed by atoms with Crippen LogP contribution in [0.2, 0.25) is 0 Å². The van der Waals surface area contributed by atoms with Gasteiger partial charge in [-0.2, -0.15) is 0 Å². The minimum Gasteiger partial charge on any atom is -0.331 e. The van der Waals surface area contributed by atoms with Gasteiger partial charge in [-0.3, -0.25) is 9.88 Å². The van der Waals surface area contributed by atoms with Crippen molar-refractivity contribution in [3.63, 3.8) is 0 Å². The molecule has 7 heteroatoms. The number of hydrogen-bond donors (Lipinski definition) is 1. The molecule has 2 aromatic heterocycles. The highest BCUT2D eigenvalue weighted by molar-refractivity contribution is 5.77. The Morgan fingerprint density at radius 3 is 2.61 bits per heavy atom. The molecule has 0 saturated carbocycles. The van der Waals surface area contributed by atoms with Crippen LogP contribution in [-0.4, -0.2) is 56.5 Å². The van der Waals surface area contributed by atoms with Crippen molar-refractivity contribution in [2.24, 2.45) is 0 Å². The summed E-state index contributed by atoms with van der Waals surface area (Å²) >= 11 is 0. The van der Waals surface area contributed by atoms with Crippen LogP contribution in [0.3, 0.4) is 0 Å². The number of carbonyl (C=O) groups excluding carboxylic acids is 1. The van der Waals surface area contributed by atoms with E-state index in [1.807, 2.05) is 47.5 Å². The number of benzene rings is 1. The van der Waals surface area contributed by atoms with Gasteiger partial charge in [0.15, 0.2) is 0 Å². The smallest absolute Gasteiger partial charge is 0.317 e. The molecule has 0 bridgehead atoms. The van der Waals surface area contributed by atoms with Crippen molar-refractivity contribution < 1.29 is 4.79 Å². The highest BCUT2D eigenvalue weighted by atomic mass is 16.2. The zero-order valence-electron chi connectivity index (χ0n) is 16.2. The van der Waals surface area contributed by atoms with Gasteiger partial charge in [-0.05, 0) is 31.2 Å². The lowest BCUT2D eigenvalue weighted by Crippen LogP contribution is -2.51. The van der Waals surface area contributed by atoms with Crippen molar-refractivity contribution in [3.05, 3.63) is 60.2 Å². The number of hydrogen-bond acceptors (Lipinski definition) is 4. The Hall–Kier alpha value is -2.93. The monoisotopic (exact) mass is 378 g/mol. The number of nitrogens with one attached hydrogen (secondary N) is 1. The lowest BCUT2D eigenvalue weighted by atomic mass is 10.3. The molecule has 1 aliphatic rings. The number of nitrogens with zero attached hydrogens (tertiary/aromatic N) is 5. The highest BCUT2D eigenvalue weighted by Gasteiger charge is 2.21. The fraction of sp³-hybridized carbons (Fsp3) is 0.381. The number of carbonyl (C=O) groups is 1. The standard InChI is InChI=1S/C21H26N6O/c1-2-27-19-9-4-3-8-18(19)24-20(27)15-23-21(28)26-13-11-25(12-14-26)16-17-7-5-6-10-22-17/h3-10H,2,11-16H2,1H3,(H,23,28). The van der Waals surface area contributed by atoms with Gasteiger partial charge in [0, 0.05) is 45.5 Å². The maximum atomic E-state index is 12.6. The van der Waals surface area contributed by atoms with Gasteiger partial charge in [0.2, 0.25) is 0 Å². The van der Waals surface area contributed by atoms with E-state index < -0.39 is 0 Å². The van der Waals surface area contributed by atoms with E-state index in [2.05, 4.69) is 37.7 Å². The number of aryl methyl sites for hydroxylation is 1. The Kier molecular flexibility index (Phi) is 5.53. The number of amides is 2. The van der Waals surface area contributed by atoms with Crippen LogP contribution in [0.25, 0.3) is 11.0 Å². The second-order valence-electron chi connectivity index (χ2n) is 7.00. The lowest BCUT2D eigenvalue weighted by Gasteiger charge is -2.34. The van der Waals surface area contributed by atoms with Crippen LogP contribution in [0.1, 0.15) is 18.4 Å². The third kappa shape index (κ3) is 3.99. The summed E-state index contributed by atoms with van der Waals surface area (Å²) in [6, 6.07) is 14.0. The van der Waals surface area contributed by atoms with E-state index in [1.54, 1.807) is 0 Å². The normalized spacial score (nSPS) is 15.1. The lowest BCUT2D eigenvalue weighted by molar-refractivity contribution is 0.134. The number of aromatic nitrogens is 3. The first kappa shape index (κ1) is 18.4. The predicted molar refractivity (Wildman–Crippen MR) is 109 cm³/mol. The van der Waals surface area contributed by atoms with E-state index in [0.29, 0.717) is 6.54 Å². The van der Waals surface area contributed by atoms with Gasteiger partial charge >= 0.3 is 6.03 Å². The van der Waals surface area contributed by atoms with Gasteiger partial charge in [0.05, 0.1) is 23.3 Å². The largest absolute Gasteiger partial charge is 0.331 e. The molecule has 1 aliphatic heterocycles. The molecule has 3 heterocycles. The molecule has 3 aromatic rings. The van der Waals surface area contributed by atoms with E-state index in [0.717, 1.165) is 61.8 Å². The molecule has 1 saturated heterocycles. The quantitative estimate of drug-likeness (QED) is 0.741. The van der Waals surface area contributed by atoms with Crippen LogP contribution in [-0.2, 0) is 19.6 Å². The van der Waals surface area contributed by atoms with Crippen molar-refractivity contribution in [3.8, 4) is 0 Å². The number of piperazine rings is 1. The maximum absolute atomic E-state index is 12.6. The van der Waals surface area contributed by atoms with Crippen molar-refractivity contribution >= 4 is 17.1 Å².